The van der Waals surface area contributed by atoms with E-state index < -0.39 is 73.9 Å². The third-order valence-corrected chi connectivity index (χ3v) is 17.2. The van der Waals surface area contributed by atoms with Crippen LogP contribution in [-0.4, -0.2) is 54.9 Å². The summed E-state index contributed by atoms with van der Waals surface area (Å²) in [7, 11) is -9.16. The van der Waals surface area contributed by atoms with Gasteiger partial charge in [0.05, 0.1) is 47.8 Å². The fraction of sp³-hybridized carbons (Fsp3) is 0.365. The standard InChI is InChI=1S/C63H72N10O14S2/c1-6-8-9-10-11-12-13-14-15-16-17-18-19-20-35-65-61(76)42-27-34-55(56(37-42)73(80)81)71-62(77)50(60(87-71)63(3,4)5)41-86-46-31-28-44(29-32-46)69-88(82,83)47-23-21-24-48(38-47)89(84,85)70-52-26-22-25-49-58(52)53(39-54(59(49)75)66-57(74)7-2)68-67-51-33-30-45(72(78)79)36-43(51)40-64/h21-34,36-39,69-70,75H,6-20,35,41H2,1-5H3,(H,65,76)(H,66,74). The Balaban J connectivity index is 1.01. The molecule has 6 aromatic carbocycles. The number of fused-ring (bicyclic) bond motifs is 1. The molecule has 7 aromatic rings. The van der Waals surface area contributed by atoms with Crippen molar-refractivity contribution in [2.75, 3.05) is 21.3 Å². The van der Waals surface area contributed by atoms with E-state index in [2.05, 4.69) is 37.2 Å². The molecule has 2 amide bonds. The van der Waals surface area contributed by atoms with Crippen molar-refractivity contribution in [1.82, 2.24) is 10.1 Å². The lowest BCUT2D eigenvalue weighted by molar-refractivity contribution is -0.385. The number of ether oxygens (including phenoxy) is 1. The number of amides is 2. The number of azo groups is 1. The average molecular weight is 1260 g/mol. The number of unbranched alkanes of at least 4 members (excludes halogenated alkanes) is 13. The maximum absolute atomic E-state index is 14.2. The Morgan fingerprint density at radius 3 is 1.92 bits per heavy atom. The van der Waals surface area contributed by atoms with Crippen molar-refractivity contribution in [2.24, 2.45) is 10.2 Å². The molecule has 0 unspecified atom stereocenters. The van der Waals surface area contributed by atoms with Crippen LogP contribution in [0.3, 0.4) is 0 Å². The fourth-order valence-corrected chi connectivity index (χ4v) is 12.1. The maximum atomic E-state index is 14.2. The van der Waals surface area contributed by atoms with Crippen LogP contribution in [0, 0.1) is 31.6 Å². The van der Waals surface area contributed by atoms with Gasteiger partial charge in [-0.05, 0) is 79.2 Å². The lowest BCUT2D eigenvalue weighted by Gasteiger charge is -2.16. The van der Waals surface area contributed by atoms with Crippen molar-refractivity contribution in [2.45, 2.75) is 153 Å². The molecule has 7 rings (SSSR count). The molecule has 0 aliphatic rings. The molecule has 0 aliphatic heterocycles. The molecule has 5 N–H and O–H groups in total. The van der Waals surface area contributed by atoms with Gasteiger partial charge in [0.2, 0.25) is 5.91 Å². The summed E-state index contributed by atoms with van der Waals surface area (Å²) in [5.74, 6) is -1.09. The molecule has 0 saturated heterocycles. The zero-order valence-corrected chi connectivity index (χ0v) is 51.8. The first-order chi connectivity index (χ1) is 42.5. The number of nitro groups is 2. The number of carbonyl (C=O) groups is 2. The van der Waals surface area contributed by atoms with Crippen LogP contribution >= 0.6 is 0 Å². The lowest BCUT2D eigenvalue weighted by atomic mass is 9.91. The lowest BCUT2D eigenvalue weighted by Crippen LogP contribution is -2.25. The molecule has 1 heterocycles. The Kier molecular flexibility index (Phi) is 22.9. The second-order valence-electron chi connectivity index (χ2n) is 22.3. The molecule has 0 bridgehead atoms. The van der Waals surface area contributed by atoms with E-state index in [1.807, 2.05) is 6.07 Å². The highest BCUT2D eigenvalue weighted by atomic mass is 32.2. The zero-order valence-electron chi connectivity index (χ0n) is 50.2. The molecule has 24 nitrogen and oxygen atoms in total. The largest absolute Gasteiger partial charge is 0.505 e. The van der Waals surface area contributed by atoms with Crippen molar-refractivity contribution in [3.63, 3.8) is 0 Å². The predicted molar refractivity (Wildman–Crippen MR) is 338 cm³/mol. The van der Waals surface area contributed by atoms with Crippen LogP contribution in [0.15, 0.2) is 139 Å². The van der Waals surface area contributed by atoms with E-state index in [1.165, 1.54) is 143 Å². The zero-order chi connectivity index (χ0) is 64.5. The van der Waals surface area contributed by atoms with Gasteiger partial charge in [-0.2, -0.15) is 5.26 Å². The van der Waals surface area contributed by atoms with Crippen LogP contribution in [-0.2, 0) is 36.9 Å². The Morgan fingerprint density at radius 2 is 1.33 bits per heavy atom. The highest BCUT2D eigenvalue weighted by molar-refractivity contribution is 7.93. The van der Waals surface area contributed by atoms with Crippen molar-refractivity contribution in [1.29, 1.82) is 5.26 Å². The molecule has 26 heteroatoms. The van der Waals surface area contributed by atoms with Gasteiger partial charge in [-0.3, -0.25) is 44.1 Å². The number of nitrogens with one attached hydrogen (secondary N) is 4. The predicted octanol–water partition coefficient (Wildman–Crippen LogP) is 14.4. The number of nitrogens with zero attached hydrogens (tertiary/aromatic N) is 6. The molecule has 0 atom stereocenters. The second kappa shape index (κ2) is 30.4. The van der Waals surface area contributed by atoms with Crippen LogP contribution in [0.4, 0.5) is 39.8 Å². The van der Waals surface area contributed by atoms with E-state index in [9.17, 15) is 61.8 Å². The highest BCUT2D eigenvalue weighted by Gasteiger charge is 2.32. The number of aromatic nitrogens is 1. The van der Waals surface area contributed by atoms with Crippen LogP contribution in [0.1, 0.15) is 158 Å². The molecule has 0 saturated carbocycles. The molecule has 470 valence electrons. The smallest absolute Gasteiger partial charge is 0.297 e. The third kappa shape index (κ3) is 17.6. The van der Waals surface area contributed by atoms with E-state index >= 15 is 0 Å². The summed E-state index contributed by atoms with van der Waals surface area (Å²) in [5, 5.41) is 58.6. The summed E-state index contributed by atoms with van der Waals surface area (Å²) in [4.78, 5) is 61.2. The number of rotatable bonds is 32. The highest BCUT2D eigenvalue weighted by Crippen LogP contribution is 2.44. The van der Waals surface area contributed by atoms with E-state index in [4.69, 9.17) is 9.26 Å². The van der Waals surface area contributed by atoms with Gasteiger partial charge in [0.25, 0.3) is 42.9 Å². The van der Waals surface area contributed by atoms with Crippen LogP contribution in [0.5, 0.6) is 11.5 Å². The molecular weight excluding hydrogens is 1180 g/mol. The van der Waals surface area contributed by atoms with Crippen LogP contribution in [0.2, 0.25) is 0 Å². The van der Waals surface area contributed by atoms with Crippen molar-refractivity contribution < 1.29 is 50.6 Å². The maximum Gasteiger partial charge on any atom is 0.297 e. The van der Waals surface area contributed by atoms with Gasteiger partial charge in [-0.1, -0.05) is 136 Å². The number of nitro benzene ring substituents is 2. The Morgan fingerprint density at radius 1 is 0.719 bits per heavy atom. The molecule has 0 spiro atoms. The second-order valence-corrected chi connectivity index (χ2v) is 25.6. The summed E-state index contributed by atoms with van der Waals surface area (Å²) < 4.78 is 73.7. The summed E-state index contributed by atoms with van der Waals surface area (Å²) in [6, 6.07) is 24.2. The van der Waals surface area contributed by atoms with Crippen molar-refractivity contribution in [3.05, 3.63) is 162 Å². The monoisotopic (exact) mass is 1260 g/mol. The average Bonchev–Trinajstić information content (AvgIpc) is 2.02. The number of phenolic OH excluding ortho intramolecular Hbond substituents is 1. The SMILES string of the molecule is CCCCCCCCCCCCCCCCNC(=O)c1ccc(-n2oc(C(C)(C)C)c(COc3ccc(NS(=O)(=O)c4cccc(S(=O)(=O)Nc5cccc6c(O)c(NC(=O)CC)cc(N=Nc7ccc([N+](=O)[O-])cc7C#N)c56)c4)cc3)c2=O)c([N+](=O)[O-])c1. The Hall–Kier alpha value is -9.48. The number of nitriles is 1. The van der Waals surface area contributed by atoms with Crippen molar-refractivity contribution >= 4 is 82.4 Å². The van der Waals surface area contributed by atoms with Gasteiger partial charge in [0, 0.05) is 58.6 Å². The van der Waals surface area contributed by atoms with Crippen LogP contribution < -0.4 is 30.4 Å². The first-order valence-corrected chi connectivity index (χ1v) is 32.3. The van der Waals surface area contributed by atoms with Gasteiger partial charge in [-0.25, -0.2) is 16.8 Å². The molecule has 1 aromatic heterocycles. The molecule has 89 heavy (non-hydrogen) atoms. The van der Waals surface area contributed by atoms with Gasteiger partial charge in [-0.15, -0.1) is 15.0 Å². The minimum absolute atomic E-state index is 0.00702. The van der Waals surface area contributed by atoms with Gasteiger partial charge >= 0.3 is 0 Å². The topological polar surface area (TPSA) is 350 Å². The number of non-ortho nitro benzene ring substituents is 1. The van der Waals surface area contributed by atoms with Crippen LogP contribution in [0.25, 0.3) is 16.5 Å². The first-order valence-electron chi connectivity index (χ1n) is 29.4. The molecular formula is C63H72N10O14S2. The van der Waals surface area contributed by atoms with E-state index in [0.29, 0.717) is 6.54 Å². The minimum atomic E-state index is -4.66. The van der Waals surface area contributed by atoms with Gasteiger partial charge in [0.1, 0.15) is 29.9 Å². The number of carbonyl (C=O) groups excluding carboxylic acids is 2. The fourth-order valence-electron chi connectivity index (χ4n) is 9.76. The van der Waals surface area contributed by atoms with Gasteiger partial charge < -0.3 is 25.0 Å². The number of aromatic hydroxyl groups is 1. The number of phenols is 1. The Bertz CT molecular complexity index is 4100. The van der Waals surface area contributed by atoms with E-state index in [-0.39, 0.29) is 91.8 Å². The molecule has 0 radical (unpaired) electrons. The van der Waals surface area contributed by atoms with E-state index in [0.717, 1.165) is 60.8 Å². The molecule has 0 aliphatic carbocycles. The summed E-state index contributed by atoms with van der Waals surface area (Å²) >= 11 is 0. The number of hydrogen-bond donors (Lipinski definition) is 5. The Labute approximate surface area is 515 Å². The normalized spacial score (nSPS) is 11.8. The number of sulfonamides is 2. The number of benzene rings is 6. The summed E-state index contributed by atoms with van der Waals surface area (Å²) in [5.41, 5.74) is -3.26. The van der Waals surface area contributed by atoms with Crippen molar-refractivity contribution in [3.8, 4) is 23.3 Å². The molecule has 0 fully saturated rings. The van der Waals surface area contributed by atoms with Gasteiger partial charge in [0.15, 0.2) is 11.4 Å². The quantitative estimate of drug-likeness (QED) is 0.00860. The summed E-state index contributed by atoms with van der Waals surface area (Å²) in [6.07, 6.45) is 16.8. The third-order valence-electron chi connectivity index (χ3n) is 14.5. The van der Waals surface area contributed by atoms with E-state index in [1.54, 1.807) is 27.7 Å². The number of hydrogen-bond acceptors (Lipinski definition) is 17. The number of anilines is 3. The minimum Gasteiger partial charge on any atom is -0.505 e. The summed E-state index contributed by atoms with van der Waals surface area (Å²) in [6.45, 7) is 9.17. The first kappa shape index (κ1) is 67.0.